The molecule has 1 aromatic rings. The molecule has 0 aliphatic heterocycles. The Balaban J connectivity index is 2.62. The molecule has 0 saturated heterocycles. The van der Waals surface area contributed by atoms with Gasteiger partial charge in [-0.15, -0.1) is 0 Å². The molecule has 0 unspecified atom stereocenters. The molecule has 1 aromatic carbocycles. The summed E-state index contributed by atoms with van der Waals surface area (Å²) in [5.74, 6) is -1.36. The molecule has 1 rings (SSSR count). The van der Waals surface area contributed by atoms with Crippen molar-refractivity contribution < 1.29 is 14.4 Å². The average molecular weight is 284 g/mol. The summed E-state index contributed by atoms with van der Waals surface area (Å²) in [6.07, 6.45) is -0.276. The van der Waals surface area contributed by atoms with Gasteiger partial charge in [0.05, 0.1) is 6.42 Å². The van der Waals surface area contributed by atoms with Crippen LogP contribution in [0.1, 0.15) is 23.7 Å². The number of Topliss-reactive ketones (excluding diaryl/α,β-unsaturated/α-hetero) is 1. The van der Waals surface area contributed by atoms with Gasteiger partial charge < -0.3 is 0 Å². The second kappa shape index (κ2) is 5.55. The van der Waals surface area contributed by atoms with Crippen LogP contribution in [0.3, 0.4) is 0 Å². The molecular weight excluding hydrogens is 274 g/mol. The highest BCUT2D eigenvalue weighted by Crippen LogP contribution is 2.10. The number of imide groups is 1. The summed E-state index contributed by atoms with van der Waals surface area (Å²) in [5.41, 5.74) is 0.375. The number of rotatable bonds is 3. The number of benzene rings is 1. The summed E-state index contributed by atoms with van der Waals surface area (Å²) in [4.78, 5) is 33.3. The lowest BCUT2D eigenvalue weighted by Crippen LogP contribution is -2.31. The standard InChI is InChI=1S/C11H10BrNO3/c1-7(14)6-10(15)13-11(16)8-2-4-9(12)5-3-8/h2-5H,6H2,1H3,(H,13,15,16). The number of nitrogens with one attached hydrogen (secondary N) is 1. The Labute approximate surface area is 101 Å². The first kappa shape index (κ1) is 12.6. The van der Waals surface area contributed by atoms with E-state index in [2.05, 4.69) is 21.2 Å². The highest BCUT2D eigenvalue weighted by Gasteiger charge is 2.11. The lowest BCUT2D eigenvalue weighted by molar-refractivity contribution is -0.126. The van der Waals surface area contributed by atoms with Gasteiger partial charge in [-0.25, -0.2) is 0 Å². The van der Waals surface area contributed by atoms with Crippen LogP contribution in [0.25, 0.3) is 0 Å². The van der Waals surface area contributed by atoms with Crippen molar-refractivity contribution in [3.05, 3.63) is 34.3 Å². The van der Waals surface area contributed by atoms with E-state index in [0.717, 1.165) is 4.47 Å². The van der Waals surface area contributed by atoms with Crippen LogP contribution in [0.15, 0.2) is 28.7 Å². The third-order valence-corrected chi connectivity index (χ3v) is 2.30. The predicted molar refractivity (Wildman–Crippen MR) is 61.9 cm³/mol. The van der Waals surface area contributed by atoms with Crippen molar-refractivity contribution in [3.63, 3.8) is 0 Å². The van der Waals surface area contributed by atoms with Crippen LogP contribution in [-0.4, -0.2) is 17.6 Å². The molecule has 2 amide bonds. The molecule has 4 nitrogen and oxygen atoms in total. The van der Waals surface area contributed by atoms with Gasteiger partial charge in [0.15, 0.2) is 0 Å². The van der Waals surface area contributed by atoms with Crippen molar-refractivity contribution in [1.29, 1.82) is 0 Å². The molecule has 0 aliphatic carbocycles. The first-order valence-electron chi connectivity index (χ1n) is 4.58. The first-order chi connectivity index (χ1) is 7.49. The van der Waals surface area contributed by atoms with E-state index in [1.54, 1.807) is 24.3 Å². The van der Waals surface area contributed by atoms with Gasteiger partial charge in [-0.3, -0.25) is 19.7 Å². The van der Waals surface area contributed by atoms with Crippen molar-refractivity contribution in [2.45, 2.75) is 13.3 Å². The van der Waals surface area contributed by atoms with Crippen LogP contribution in [0.5, 0.6) is 0 Å². The number of hydrogen-bond acceptors (Lipinski definition) is 3. The van der Waals surface area contributed by atoms with Crippen LogP contribution < -0.4 is 5.32 Å². The highest BCUT2D eigenvalue weighted by atomic mass is 79.9. The minimum atomic E-state index is -0.583. The van der Waals surface area contributed by atoms with Crippen molar-refractivity contribution in [2.75, 3.05) is 0 Å². The molecule has 0 atom stereocenters. The molecular formula is C11H10BrNO3. The number of amides is 2. The van der Waals surface area contributed by atoms with Gasteiger partial charge in [-0.2, -0.15) is 0 Å². The lowest BCUT2D eigenvalue weighted by atomic mass is 10.2. The molecule has 84 valence electrons. The average Bonchev–Trinajstić information content (AvgIpc) is 2.16. The van der Waals surface area contributed by atoms with Gasteiger partial charge in [0, 0.05) is 10.0 Å². The third-order valence-electron chi connectivity index (χ3n) is 1.77. The lowest BCUT2D eigenvalue weighted by Gasteiger charge is -2.02. The van der Waals surface area contributed by atoms with Crippen LogP contribution in [0, 0.1) is 0 Å². The summed E-state index contributed by atoms with van der Waals surface area (Å²) in [7, 11) is 0. The van der Waals surface area contributed by atoms with E-state index in [1.807, 2.05) is 0 Å². The second-order valence-corrected chi connectivity index (χ2v) is 4.18. The fraction of sp³-hybridized carbons (Fsp3) is 0.182. The minimum absolute atomic E-state index is 0.276. The molecule has 0 spiro atoms. The predicted octanol–water partition coefficient (Wildman–Crippen LogP) is 1.68. The van der Waals surface area contributed by atoms with E-state index in [4.69, 9.17) is 0 Å². The molecule has 5 heteroatoms. The Morgan fingerprint density at radius 2 is 1.75 bits per heavy atom. The smallest absolute Gasteiger partial charge is 0.257 e. The zero-order valence-electron chi connectivity index (χ0n) is 8.62. The summed E-state index contributed by atoms with van der Waals surface area (Å²) >= 11 is 3.23. The molecule has 0 heterocycles. The summed E-state index contributed by atoms with van der Waals surface area (Å²) < 4.78 is 0.846. The third kappa shape index (κ3) is 3.94. The Bertz CT molecular complexity index is 425. The zero-order valence-corrected chi connectivity index (χ0v) is 10.2. The fourth-order valence-electron chi connectivity index (χ4n) is 1.07. The largest absolute Gasteiger partial charge is 0.299 e. The van der Waals surface area contributed by atoms with Crippen molar-refractivity contribution >= 4 is 33.5 Å². The van der Waals surface area contributed by atoms with Crippen molar-refractivity contribution in [2.24, 2.45) is 0 Å². The second-order valence-electron chi connectivity index (χ2n) is 3.26. The van der Waals surface area contributed by atoms with Crippen LogP contribution >= 0.6 is 15.9 Å². The topological polar surface area (TPSA) is 63.2 Å². The van der Waals surface area contributed by atoms with Gasteiger partial charge in [0.25, 0.3) is 5.91 Å². The molecule has 0 aromatic heterocycles. The Kier molecular flexibility index (Phi) is 4.37. The van der Waals surface area contributed by atoms with E-state index in [0.29, 0.717) is 5.56 Å². The number of halogens is 1. The Hall–Kier alpha value is -1.49. The molecule has 0 bridgehead atoms. The normalized spacial score (nSPS) is 9.62. The molecule has 0 aliphatic rings. The van der Waals surface area contributed by atoms with E-state index in [9.17, 15) is 14.4 Å². The number of hydrogen-bond donors (Lipinski definition) is 1. The number of carbonyl (C=O) groups excluding carboxylic acids is 3. The molecule has 0 fully saturated rings. The van der Waals surface area contributed by atoms with Gasteiger partial charge in [-0.05, 0) is 31.2 Å². The van der Waals surface area contributed by atoms with Gasteiger partial charge in [0.1, 0.15) is 5.78 Å². The summed E-state index contributed by atoms with van der Waals surface area (Å²) in [6, 6.07) is 6.57. The summed E-state index contributed by atoms with van der Waals surface area (Å²) in [6.45, 7) is 1.30. The Morgan fingerprint density at radius 1 is 1.19 bits per heavy atom. The summed E-state index contributed by atoms with van der Waals surface area (Å²) in [5, 5.41) is 2.13. The fourth-order valence-corrected chi connectivity index (χ4v) is 1.33. The molecule has 0 radical (unpaired) electrons. The maximum absolute atomic E-state index is 11.5. The van der Waals surface area contributed by atoms with E-state index >= 15 is 0 Å². The number of ketones is 1. The highest BCUT2D eigenvalue weighted by molar-refractivity contribution is 9.10. The van der Waals surface area contributed by atoms with Gasteiger partial charge >= 0.3 is 0 Å². The molecule has 16 heavy (non-hydrogen) atoms. The van der Waals surface area contributed by atoms with Crippen LogP contribution in [-0.2, 0) is 9.59 Å². The van der Waals surface area contributed by atoms with Crippen LogP contribution in [0.2, 0.25) is 0 Å². The monoisotopic (exact) mass is 283 g/mol. The zero-order chi connectivity index (χ0) is 12.1. The molecule has 1 N–H and O–H groups in total. The quantitative estimate of drug-likeness (QED) is 0.859. The van der Waals surface area contributed by atoms with E-state index < -0.39 is 11.8 Å². The first-order valence-corrected chi connectivity index (χ1v) is 5.37. The minimum Gasteiger partial charge on any atom is -0.299 e. The van der Waals surface area contributed by atoms with Crippen molar-refractivity contribution in [1.82, 2.24) is 5.32 Å². The van der Waals surface area contributed by atoms with E-state index in [1.165, 1.54) is 6.92 Å². The van der Waals surface area contributed by atoms with E-state index in [-0.39, 0.29) is 12.2 Å². The molecule has 0 saturated carbocycles. The maximum atomic E-state index is 11.5. The van der Waals surface area contributed by atoms with Gasteiger partial charge in [0.2, 0.25) is 5.91 Å². The van der Waals surface area contributed by atoms with Gasteiger partial charge in [-0.1, -0.05) is 15.9 Å². The van der Waals surface area contributed by atoms with Crippen LogP contribution in [0.4, 0.5) is 0 Å². The SMILES string of the molecule is CC(=O)CC(=O)NC(=O)c1ccc(Br)cc1. The van der Waals surface area contributed by atoms with Crippen molar-refractivity contribution in [3.8, 4) is 0 Å². The Morgan fingerprint density at radius 3 is 2.25 bits per heavy atom. The maximum Gasteiger partial charge on any atom is 0.257 e. The number of carbonyl (C=O) groups is 3.